The number of carboxylic acids is 1. The fourth-order valence-electron chi connectivity index (χ4n) is 3.05. The van der Waals surface area contributed by atoms with Gasteiger partial charge in [-0.1, -0.05) is 37.8 Å². The highest BCUT2D eigenvalue weighted by Gasteiger charge is 2.36. The number of carboxylic acid groups (broad SMARTS) is 1. The SMILES string of the molecule is C/C=C/CCCCCCCCC1=NC=C[N+]1(CCN)CC(=O)O. The van der Waals surface area contributed by atoms with Crippen LogP contribution in [0.25, 0.3) is 0 Å². The molecule has 0 aromatic carbocycles. The zero-order valence-electron chi connectivity index (χ0n) is 14.4. The predicted octanol–water partition coefficient (Wildman–Crippen LogP) is 3.43. The van der Waals surface area contributed by atoms with Crippen molar-refractivity contribution in [3.8, 4) is 0 Å². The Bertz CT molecular complexity index is 444. The van der Waals surface area contributed by atoms with Crippen molar-refractivity contribution >= 4 is 11.8 Å². The number of hydrogen-bond donors (Lipinski definition) is 2. The van der Waals surface area contributed by atoms with E-state index in [-0.39, 0.29) is 6.54 Å². The van der Waals surface area contributed by atoms with Crippen LogP contribution < -0.4 is 5.73 Å². The van der Waals surface area contributed by atoms with Gasteiger partial charge in [-0.05, 0) is 26.2 Å². The molecule has 1 heterocycles. The van der Waals surface area contributed by atoms with Crippen molar-refractivity contribution < 1.29 is 14.4 Å². The van der Waals surface area contributed by atoms with Crippen molar-refractivity contribution in [2.75, 3.05) is 19.6 Å². The standard InChI is InChI=1S/C18H31N3O2/c1-2-3-4-5-6-7-8-9-10-11-17-20-13-15-21(17,14-12-19)16-18(22)23/h2-3,13,15H,4-12,14,16,19H2,1H3/p+1/b3-2+. The van der Waals surface area contributed by atoms with Crippen LogP contribution in [0.3, 0.4) is 0 Å². The minimum absolute atomic E-state index is 0.0392. The van der Waals surface area contributed by atoms with Crippen LogP contribution >= 0.6 is 0 Å². The van der Waals surface area contributed by atoms with E-state index >= 15 is 0 Å². The second-order valence-electron chi connectivity index (χ2n) is 6.17. The van der Waals surface area contributed by atoms with Crippen molar-refractivity contribution in [2.45, 2.75) is 58.3 Å². The number of unbranched alkanes of at least 4 members (excludes halogenated alkanes) is 6. The number of aliphatic carboxylic acids is 1. The van der Waals surface area contributed by atoms with Gasteiger partial charge >= 0.3 is 5.97 Å². The molecule has 5 heteroatoms. The number of rotatable bonds is 13. The summed E-state index contributed by atoms with van der Waals surface area (Å²) in [6, 6.07) is 0. The molecule has 5 nitrogen and oxygen atoms in total. The molecule has 23 heavy (non-hydrogen) atoms. The fraction of sp³-hybridized carbons (Fsp3) is 0.667. The second kappa shape index (κ2) is 11.1. The lowest BCUT2D eigenvalue weighted by Crippen LogP contribution is -2.52. The van der Waals surface area contributed by atoms with Crippen molar-refractivity contribution in [2.24, 2.45) is 10.7 Å². The summed E-state index contributed by atoms with van der Waals surface area (Å²) in [7, 11) is 0. The van der Waals surface area contributed by atoms with E-state index in [9.17, 15) is 4.79 Å². The van der Waals surface area contributed by atoms with E-state index in [2.05, 4.69) is 24.1 Å². The van der Waals surface area contributed by atoms with E-state index in [1.54, 1.807) is 6.20 Å². The van der Waals surface area contributed by atoms with Crippen LogP contribution in [0.5, 0.6) is 0 Å². The third kappa shape index (κ3) is 7.10. The number of aliphatic imine (C=N–C) groups is 1. The lowest BCUT2D eigenvalue weighted by Gasteiger charge is -2.30. The fourth-order valence-corrected chi connectivity index (χ4v) is 3.05. The zero-order chi connectivity index (χ0) is 17.0. The molecule has 130 valence electrons. The zero-order valence-corrected chi connectivity index (χ0v) is 14.4. The van der Waals surface area contributed by atoms with Gasteiger partial charge in [0.05, 0.1) is 6.20 Å². The molecule has 1 unspecified atom stereocenters. The van der Waals surface area contributed by atoms with Crippen LogP contribution in [-0.2, 0) is 4.79 Å². The number of carbonyl (C=O) groups is 1. The molecule has 0 spiro atoms. The van der Waals surface area contributed by atoms with Gasteiger partial charge in [-0.3, -0.25) is 0 Å². The van der Waals surface area contributed by atoms with Crippen LogP contribution in [0.4, 0.5) is 0 Å². The largest absolute Gasteiger partial charge is 0.477 e. The maximum Gasteiger partial charge on any atom is 0.360 e. The molecule has 0 aromatic rings. The van der Waals surface area contributed by atoms with Crippen LogP contribution in [0.15, 0.2) is 29.5 Å². The summed E-state index contributed by atoms with van der Waals surface area (Å²) in [5.74, 6) is 0.143. The molecule has 1 atom stereocenters. The highest BCUT2D eigenvalue weighted by Crippen LogP contribution is 2.21. The third-order valence-corrected chi connectivity index (χ3v) is 4.29. The van der Waals surface area contributed by atoms with Gasteiger partial charge in [0.15, 0.2) is 6.54 Å². The minimum Gasteiger partial charge on any atom is -0.477 e. The van der Waals surface area contributed by atoms with Gasteiger partial charge in [-0.2, -0.15) is 0 Å². The monoisotopic (exact) mass is 322 g/mol. The Labute approximate surface area is 140 Å². The Kier molecular flexibility index (Phi) is 9.48. The van der Waals surface area contributed by atoms with Crippen molar-refractivity contribution in [1.29, 1.82) is 0 Å². The van der Waals surface area contributed by atoms with E-state index in [0.29, 0.717) is 17.6 Å². The lowest BCUT2D eigenvalue weighted by molar-refractivity contribution is -0.778. The van der Waals surface area contributed by atoms with Crippen LogP contribution in [0, 0.1) is 0 Å². The third-order valence-electron chi connectivity index (χ3n) is 4.29. The van der Waals surface area contributed by atoms with E-state index in [0.717, 1.165) is 18.7 Å². The molecule has 0 radical (unpaired) electrons. The number of quaternary nitrogens is 1. The first-order valence-corrected chi connectivity index (χ1v) is 8.79. The van der Waals surface area contributed by atoms with Gasteiger partial charge in [-0.25, -0.2) is 14.3 Å². The molecule has 3 N–H and O–H groups in total. The molecular formula is C18H32N3O2+. The van der Waals surface area contributed by atoms with E-state index < -0.39 is 5.97 Å². The molecule has 0 saturated heterocycles. The summed E-state index contributed by atoms with van der Waals surface area (Å²) < 4.78 is 0.301. The normalized spacial score (nSPS) is 20.3. The summed E-state index contributed by atoms with van der Waals surface area (Å²) in [6.45, 7) is 3.17. The molecule has 0 bridgehead atoms. The highest BCUT2D eigenvalue weighted by atomic mass is 16.4. The van der Waals surface area contributed by atoms with Crippen LogP contribution in [0.1, 0.15) is 58.3 Å². The predicted molar refractivity (Wildman–Crippen MR) is 95.0 cm³/mol. The summed E-state index contributed by atoms with van der Waals surface area (Å²) in [5.41, 5.74) is 5.67. The number of nitrogens with two attached hydrogens (primary N) is 1. The molecule has 0 amide bonds. The lowest BCUT2D eigenvalue weighted by atomic mass is 10.1. The van der Waals surface area contributed by atoms with Crippen LogP contribution in [0.2, 0.25) is 0 Å². The quantitative estimate of drug-likeness (QED) is 0.310. The van der Waals surface area contributed by atoms with Crippen molar-refractivity contribution in [3.05, 3.63) is 24.6 Å². The summed E-state index contributed by atoms with van der Waals surface area (Å²) in [4.78, 5) is 15.6. The number of hydrogen-bond acceptors (Lipinski definition) is 3. The molecule has 0 saturated carbocycles. The van der Waals surface area contributed by atoms with Crippen LogP contribution in [-0.4, -0.2) is 41.0 Å². The van der Waals surface area contributed by atoms with E-state index in [1.165, 1.54) is 38.5 Å². The van der Waals surface area contributed by atoms with E-state index in [1.807, 2.05) is 6.20 Å². The second-order valence-corrected chi connectivity index (χ2v) is 6.17. The number of allylic oxidation sites excluding steroid dienone is 2. The smallest absolute Gasteiger partial charge is 0.360 e. The topological polar surface area (TPSA) is 75.7 Å². The molecular weight excluding hydrogens is 290 g/mol. The Hall–Kier alpha value is -1.46. The molecule has 1 aliphatic heterocycles. The Balaban J connectivity index is 2.26. The summed E-state index contributed by atoms with van der Waals surface area (Å²) in [5, 5.41) is 9.16. The molecule has 1 aliphatic rings. The Morgan fingerprint density at radius 1 is 1.26 bits per heavy atom. The first-order chi connectivity index (χ1) is 11.1. The summed E-state index contributed by atoms with van der Waals surface area (Å²) in [6.07, 6.45) is 17.3. The maximum absolute atomic E-state index is 11.2. The van der Waals surface area contributed by atoms with Gasteiger partial charge in [0.25, 0.3) is 0 Å². The average Bonchev–Trinajstić information content (AvgIpc) is 2.87. The highest BCUT2D eigenvalue weighted by molar-refractivity contribution is 5.81. The first kappa shape index (κ1) is 19.6. The molecule has 1 rings (SSSR count). The Morgan fingerprint density at radius 2 is 1.96 bits per heavy atom. The average molecular weight is 322 g/mol. The number of amidine groups is 1. The first-order valence-electron chi connectivity index (χ1n) is 8.79. The van der Waals surface area contributed by atoms with Gasteiger partial charge in [0.2, 0.25) is 5.84 Å². The maximum atomic E-state index is 11.2. The minimum atomic E-state index is -0.807. The van der Waals surface area contributed by atoms with Crippen molar-refractivity contribution in [3.63, 3.8) is 0 Å². The van der Waals surface area contributed by atoms with Gasteiger partial charge in [0, 0.05) is 13.0 Å². The Morgan fingerprint density at radius 3 is 2.61 bits per heavy atom. The van der Waals surface area contributed by atoms with Gasteiger partial charge in [0.1, 0.15) is 12.7 Å². The van der Waals surface area contributed by atoms with E-state index in [4.69, 9.17) is 10.8 Å². The molecule has 0 fully saturated rings. The number of nitrogens with zero attached hydrogens (tertiary/aromatic N) is 2. The van der Waals surface area contributed by atoms with Crippen molar-refractivity contribution in [1.82, 2.24) is 0 Å². The summed E-state index contributed by atoms with van der Waals surface area (Å²) >= 11 is 0. The van der Waals surface area contributed by atoms with Gasteiger partial charge < -0.3 is 10.8 Å². The molecule has 0 aromatic heterocycles. The van der Waals surface area contributed by atoms with Gasteiger partial charge in [-0.15, -0.1) is 0 Å². The molecule has 0 aliphatic carbocycles.